The van der Waals surface area contributed by atoms with Gasteiger partial charge >= 0.3 is 0 Å². The van der Waals surface area contributed by atoms with Gasteiger partial charge in [0.2, 0.25) is 0 Å². The van der Waals surface area contributed by atoms with Crippen molar-refractivity contribution in [1.29, 1.82) is 5.41 Å². The smallest absolute Gasteiger partial charge is 0.126 e. The van der Waals surface area contributed by atoms with E-state index in [4.69, 9.17) is 11.1 Å². The number of nitrogens with two attached hydrogens (primary N) is 1. The van der Waals surface area contributed by atoms with Crippen LogP contribution in [0.2, 0.25) is 0 Å². The Bertz CT molecular complexity index is 335. The zero-order valence-corrected chi connectivity index (χ0v) is 7.75. The van der Waals surface area contributed by atoms with Crippen LogP contribution in [0, 0.1) is 5.41 Å². The van der Waals surface area contributed by atoms with Gasteiger partial charge in [0.05, 0.1) is 11.3 Å². The van der Waals surface area contributed by atoms with Crippen molar-refractivity contribution in [2.45, 2.75) is 32.2 Å². The van der Waals surface area contributed by atoms with Crippen LogP contribution >= 0.6 is 0 Å². The van der Waals surface area contributed by atoms with Crippen LogP contribution in [-0.4, -0.2) is 15.6 Å². The van der Waals surface area contributed by atoms with E-state index in [9.17, 15) is 0 Å². The van der Waals surface area contributed by atoms with E-state index in [1.54, 1.807) is 0 Å². The predicted molar refractivity (Wildman–Crippen MR) is 50.9 cm³/mol. The first kappa shape index (κ1) is 8.29. The van der Waals surface area contributed by atoms with Gasteiger partial charge in [0.15, 0.2) is 0 Å². The second-order valence-corrected chi connectivity index (χ2v) is 3.47. The summed E-state index contributed by atoms with van der Waals surface area (Å²) >= 11 is 0. The molecule has 0 spiro atoms. The normalized spacial score (nSPS) is 16.1. The lowest BCUT2D eigenvalue weighted by Crippen LogP contribution is -2.12. The van der Waals surface area contributed by atoms with Crippen molar-refractivity contribution in [1.82, 2.24) is 9.78 Å². The third kappa shape index (κ3) is 1.43. The van der Waals surface area contributed by atoms with Gasteiger partial charge in [0.1, 0.15) is 5.84 Å². The van der Waals surface area contributed by atoms with E-state index in [1.165, 1.54) is 12.8 Å². The fourth-order valence-electron chi connectivity index (χ4n) is 1.46. The quantitative estimate of drug-likeness (QED) is 0.537. The van der Waals surface area contributed by atoms with Crippen LogP contribution in [0.3, 0.4) is 0 Å². The maximum Gasteiger partial charge on any atom is 0.126 e. The highest BCUT2D eigenvalue weighted by molar-refractivity contribution is 5.96. The predicted octanol–water partition coefficient (Wildman–Crippen LogP) is 1.06. The Kier molecular flexibility index (Phi) is 1.83. The zero-order valence-electron chi connectivity index (χ0n) is 7.75. The molecule has 1 fully saturated rings. The van der Waals surface area contributed by atoms with Gasteiger partial charge in [-0.1, -0.05) is 0 Å². The van der Waals surface area contributed by atoms with Crippen molar-refractivity contribution in [2.24, 2.45) is 5.73 Å². The molecular formula is C9H14N4. The molecule has 1 heterocycles. The summed E-state index contributed by atoms with van der Waals surface area (Å²) in [7, 11) is 0. The van der Waals surface area contributed by atoms with Crippen LogP contribution in [0.4, 0.5) is 0 Å². The van der Waals surface area contributed by atoms with Crippen molar-refractivity contribution >= 4 is 5.84 Å². The molecule has 3 N–H and O–H groups in total. The van der Waals surface area contributed by atoms with Gasteiger partial charge in [-0.15, -0.1) is 0 Å². The molecule has 0 unspecified atom stereocenters. The summed E-state index contributed by atoms with van der Waals surface area (Å²) in [5, 5.41) is 11.8. The fraction of sp³-hybridized carbons (Fsp3) is 0.556. The Morgan fingerprint density at radius 3 is 2.92 bits per heavy atom. The molecule has 0 radical (unpaired) electrons. The maximum atomic E-state index is 7.41. The molecule has 70 valence electrons. The highest BCUT2D eigenvalue weighted by Crippen LogP contribution is 2.40. The van der Waals surface area contributed by atoms with Crippen LogP contribution in [0.15, 0.2) is 6.20 Å². The lowest BCUT2D eigenvalue weighted by atomic mass is 10.2. The van der Waals surface area contributed by atoms with E-state index < -0.39 is 0 Å². The van der Waals surface area contributed by atoms with E-state index >= 15 is 0 Å². The Morgan fingerprint density at radius 2 is 2.46 bits per heavy atom. The first-order chi connectivity index (χ1) is 6.22. The molecule has 1 aliphatic rings. The summed E-state index contributed by atoms with van der Waals surface area (Å²) in [6, 6.07) is 0. The molecule has 0 bridgehead atoms. The van der Waals surface area contributed by atoms with E-state index in [-0.39, 0.29) is 5.84 Å². The molecule has 4 heteroatoms. The SMILES string of the molecule is CCn1cc(C(=N)N)c(C2CC2)n1. The van der Waals surface area contributed by atoms with Crippen molar-refractivity contribution in [3.05, 3.63) is 17.5 Å². The van der Waals surface area contributed by atoms with Crippen LogP contribution < -0.4 is 5.73 Å². The summed E-state index contributed by atoms with van der Waals surface area (Å²) in [5.41, 5.74) is 7.32. The molecular weight excluding hydrogens is 164 g/mol. The van der Waals surface area contributed by atoms with Crippen LogP contribution in [-0.2, 0) is 6.54 Å². The second kappa shape index (κ2) is 2.87. The van der Waals surface area contributed by atoms with E-state index in [1.807, 2.05) is 17.8 Å². The third-order valence-electron chi connectivity index (χ3n) is 2.37. The van der Waals surface area contributed by atoms with Gasteiger partial charge in [-0.25, -0.2) is 0 Å². The molecule has 0 amide bonds. The van der Waals surface area contributed by atoms with E-state index in [0.29, 0.717) is 5.92 Å². The van der Waals surface area contributed by atoms with Gasteiger partial charge in [-0.05, 0) is 19.8 Å². The number of hydrogen-bond acceptors (Lipinski definition) is 2. The molecule has 1 aromatic rings. The summed E-state index contributed by atoms with van der Waals surface area (Å²) < 4.78 is 1.85. The second-order valence-electron chi connectivity index (χ2n) is 3.47. The summed E-state index contributed by atoms with van der Waals surface area (Å²) in [4.78, 5) is 0. The standard InChI is InChI=1S/C9H14N4/c1-2-13-5-7(9(10)11)8(12-13)6-3-4-6/h5-6H,2-4H2,1H3,(H3,10,11). The van der Waals surface area contributed by atoms with Crippen molar-refractivity contribution < 1.29 is 0 Å². The van der Waals surface area contributed by atoms with Crippen LogP contribution in [0.1, 0.15) is 36.9 Å². The first-order valence-corrected chi connectivity index (χ1v) is 4.64. The highest BCUT2D eigenvalue weighted by Gasteiger charge is 2.29. The minimum atomic E-state index is 0.140. The first-order valence-electron chi connectivity index (χ1n) is 4.64. The number of amidine groups is 1. The molecule has 0 atom stereocenters. The topological polar surface area (TPSA) is 67.7 Å². The Morgan fingerprint density at radius 1 is 1.77 bits per heavy atom. The average molecular weight is 178 g/mol. The van der Waals surface area contributed by atoms with Crippen LogP contribution in [0.5, 0.6) is 0 Å². The number of nitrogens with one attached hydrogen (secondary N) is 1. The van der Waals surface area contributed by atoms with Crippen molar-refractivity contribution in [3.63, 3.8) is 0 Å². The Balaban J connectivity index is 2.39. The van der Waals surface area contributed by atoms with Crippen LogP contribution in [0.25, 0.3) is 0 Å². The summed E-state index contributed by atoms with van der Waals surface area (Å²) in [6.45, 7) is 2.88. The van der Waals surface area contributed by atoms with Crippen molar-refractivity contribution in [2.75, 3.05) is 0 Å². The molecule has 2 rings (SSSR count). The highest BCUT2D eigenvalue weighted by atomic mass is 15.3. The Hall–Kier alpha value is -1.32. The monoisotopic (exact) mass is 178 g/mol. The largest absolute Gasteiger partial charge is 0.384 e. The summed E-state index contributed by atoms with van der Waals surface area (Å²) in [6.07, 6.45) is 4.26. The molecule has 13 heavy (non-hydrogen) atoms. The molecule has 1 aliphatic carbocycles. The molecule has 0 aliphatic heterocycles. The van der Waals surface area contributed by atoms with E-state index in [0.717, 1.165) is 17.8 Å². The fourth-order valence-corrected chi connectivity index (χ4v) is 1.46. The number of aromatic nitrogens is 2. The average Bonchev–Trinajstić information content (AvgIpc) is 2.84. The lowest BCUT2D eigenvalue weighted by Gasteiger charge is -1.95. The molecule has 0 aromatic carbocycles. The van der Waals surface area contributed by atoms with Gasteiger partial charge in [0, 0.05) is 18.7 Å². The van der Waals surface area contributed by atoms with E-state index in [2.05, 4.69) is 5.10 Å². The van der Waals surface area contributed by atoms with Gasteiger partial charge in [-0.2, -0.15) is 5.10 Å². The Labute approximate surface area is 77.2 Å². The minimum Gasteiger partial charge on any atom is -0.384 e. The number of nitrogen functional groups attached to an aromatic ring is 1. The maximum absolute atomic E-state index is 7.41. The van der Waals surface area contributed by atoms with Gasteiger partial charge in [0.25, 0.3) is 0 Å². The third-order valence-corrected chi connectivity index (χ3v) is 2.37. The lowest BCUT2D eigenvalue weighted by molar-refractivity contribution is 0.647. The molecule has 1 saturated carbocycles. The molecule has 0 saturated heterocycles. The number of hydrogen-bond donors (Lipinski definition) is 2. The molecule has 4 nitrogen and oxygen atoms in total. The number of rotatable bonds is 3. The number of aryl methyl sites for hydroxylation is 1. The van der Waals surface area contributed by atoms with Crippen molar-refractivity contribution in [3.8, 4) is 0 Å². The minimum absolute atomic E-state index is 0.140. The van der Waals surface area contributed by atoms with Gasteiger partial charge in [-0.3, -0.25) is 10.1 Å². The zero-order chi connectivity index (χ0) is 9.42. The summed E-state index contributed by atoms with van der Waals surface area (Å²) in [5.74, 6) is 0.702. The molecule has 1 aromatic heterocycles. The number of nitrogens with zero attached hydrogens (tertiary/aromatic N) is 2. The van der Waals surface area contributed by atoms with Gasteiger partial charge < -0.3 is 5.73 Å².